The highest BCUT2D eigenvalue weighted by Gasteiger charge is 2.29. The molecular weight excluding hydrogens is 218 g/mol. The van der Waals surface area contributed by atoms with Crippen molar-refractivity contribution in [2.75, 3.05) is 0 Å². The Labute approximate surface area is 99.9 Å². The molecule has 1 fully saturated rings. The fourth-order valence-corrected chi connectivity index (χ4v) is 1.95. The molecule has 0 bridgehead atoms. The number of aromatic hydroxyl groups is 1. The van der Waals surface area contributed by atoms with Gasteiger partial charge in [-0.25, -0.2) is 0 Å². The molecule has 17 heavy (non-hydrogen) atoms. The van der Waals surface area contributed by atoms with Crippen molar-refractivity contribution in [3.63, 3.8) is 0 Å². The Kier molecular flexibility index (Phi) is 2.88. The van der Waals surface area contributed by atoms with Gasteiger partial charge in [-0.2, -0.15) is 0 Å². The molecule has 4 heteroatoms. The van der Waals surface area contributed by atoms with Crippen LogP contribution >= 0.6 is 0 Å². The fourth-order valence-electron chi connectivity index (χ4n) is 1.95. The Bertz CT molecular complexity index is 478. The maximum atomic E-state index is 11.5. The van der Waals surface area contributed by atoms with E-state index in [9.17, 15) is 14.7 Å². The highest BCUT2D eigenvalue weighted by molar-refractivity contribution is 6.01. The summed E-state index contributed by atoms with van der Waals surface area (Å²) in [6.07, 6.45) is 0.564. The van der Waals surface area contributed by atoms with Crippen LogP contribution in [0.2, 0.25) is 0 Å². The molecular formula is C13H15NO3. The highest BCUT2D eigenvalue weighted by Crippen LogP contribution is 2.27. The lowest BCUT2D eigenvalue weighted by Gasteiger charge is -2.16. The first-order valence-electron chi connectivity index (χ1n) is 5.62. The minimum atomic E-state index is -0.160. The maximum absolute atomic E-state index is 11.5. The summed E-state index contributed by atoms with van der Waals surface area (Å²) in [5.74, 6) is -0.141. The molecule has 0 radical (unpaired) electrons. The Morgan fingerprint density at radius 3 is 2.35 bits per heavy atom. The van der Waals surface area contributed by atoms with E-state index in [1.807, 2.05) is 19.9 Å². The molecule has 0 aromatic heterocycles. The number of carbonyl (C=O) groups is 2. The molecule has 90 valence electrons. The number of likely N-dealkylation sites (tertiary alicyclic amines) is 1. The second-order valence-corrected chi connectivity index (χ2v) is 4.39. The first kappa shape index (κ1) is 11.6. The molecule has 2 amide bonds. The van der Waals surface area contributed by atoms with Crippen LogP contribution < -0.4 is 0 Å². The van der Waals surface area contributed by atoms with Crippen molar-refractivity contribution in [2.45, 2.75) is 33.2 Å². The van der Waals surface area contributed by atoms with E-state index < -0.39 is 0 Å². The van der Waals surface area contributed by atoms with E-state index in [-0.39, 0.29) is 37.0 Å². The molecule has 1 N–H and O–H groups in total. The molecule has 1 aromatic rings. The summed E-state index contributed by atoms with van der Waals surface area (Å²) in [5, 5.41) is 9.96. The molecule has 1 aliphatic rings. The molecule has 0 atom stereocenters. The van der Waals surface area contributed by atoms with Crippen LogP contribution in [0.15, 0.2) is 12.1 Å². The first-order valence-corrected chi connectivity index (χ1v) is 5.62. The molecule has 0 saturated carbocycles. The molecule has 1 heterocycles. The lowest BCUT2D eigenvalue weighted by Crippen LogP contribution is -2.28. The van der Waals surface area contributed by atoms with Gasteiger partial charge in [-0.15, -0.1) is 0 Å². The van der Waals surface area contributed by atoms with E-state index in [0.29, 0.717) is 5.56 Å². The normalized spacial score (nSPS) is 15.8. The molecule has 0 unspecified atom stereocenters. The SMILES string of the molecule is Cc1ccc(CN2C(=O)CCC2=O)c(O)c1C. The molecule has 1 aliphatic heterocycles. The van der Waals surface area contributed by atoms with Crippen LogP contribution in [0, 0.1) is 13.8 Å². The third kappa shape index (κ3) is 2.02. The number of phenols is 1. The predicted octanol–water partition coefficient (Wildman–Crippen LogP) is 1.66. The summed E-state index contributed by atoms with van der Waals surface area (Å²) in [4.78, 5) is 24.2. The van der Waals surface area contributed by atoms with Crippen molar-refractivity contribution in [3.8, 4) is 5.75 Å². The van der Waals surface area contributed by atoms with Crippen molar-refractivity contribution >= 4 is 11.8 Å². The second kappa shape index (κ2) is 4.20. The standard InChI is InChI=1S/C13H15NO3/c1-8-3-4-10(13(17)9(8)2)7-14-11(15)5-6-12(14)16/h3-4,17H,5-7H2,1-2H3. The monoisotopic (exact) mass is 233 g/mol. The molecule has 4 nitrogen and oxygen atoms in total. The lowest BCUT2D eigenvalue weighted by molar-refractivity contribution is -0.139. The topological polar surface area (TPSA) is 57.6 Å². The molecule has 1 saturated heterocycles. The zero-order valence-corrected chi connectivity index (χ0v) is 9.99. The number of carbonyl (C=O) groups excluding carboxylic acids is 2. The highest BCUT2D eigenvalue weighted by atomic mass is 16.3. The van der Waals surface area contributed by atoms with Gasteiger partial charge in [0.2, 0.25) is 11.8 Å². The third-order valence-electron chi connectivity index (χ3n) is 3.27. The Morgan fingerprint density at radius 2 is 1.76 bits per heavy atom. The minimum absolute atomic E-state index is 0.160. The molecule has 1 aromatic carbocycles. The summed E-state index contributed by atoms with van der Waals surface area (Å²) >= 11 is 0. The number of imide groups is 1. The number of benzene rings is 1. The molecule has 0 aliphatic carbocycles. The fraction of sp³-hybridized carbons (Fsp3) is 0.385. The summed E-state index contributed by atoms with van der Waals surface area (Å²) < 4.78 is 0. The Hall–Kier alpha value is -1.84. The maximum Gasteiger partial charge on any atom is 0.230 e. The molecule has 2 rings (SSSR count). The van der Waals surface area contributed by atoms with Crippen LogP contribution in [0.4, 0.5) is 0 Å². The minimum Gasteiger partial charge on any atom is -0.507 e. The van der Waals surface area contributed by atoms with E-state index in [1.165, 1.54) is 4.90 Å². The summed E-state index contributed by atoms with van der Waals surface area (Å²) in [6.45, 7) is 3.90. The quantitative estimate of drug-likeness (QED) is 0.790. The van der Waals surface area contributed by atoms with Crippen molar-refractivity contribution in [2.24, 2.45) is 0 Å². The van der Waals surface area contributed by atoms with E-state index in [4.69, 9.17) is 0 Å². The van der Waals surface area contributed by atoms with Crippen LogP contribution in [0.3, 0.4) is 0 Å². The van der Waals surface area contributed by atoms with Crippen molar-refractivity contribution in [1.29, 1.82) is 0 Å². The zero-order chi connectivity index (χ0) is 12.6. The lowest BCUT2D eigenvalue weighted by atomic mass is 10.0. The van der Waals surface area contributed by atoms with Gasteiger partial charge in [0.15, 0.2) is 0 Å². The number of nitrogens with zero attached hydrogens (tertiary/aromatic N) is 1. The van der Waals surface area contributed by atoms with Gasteiger partial charge in [0.25, 0.3) is 0 Å². The van der Waals surface area contributed by atoms with E-state index in [1.54, 1.807) is 6.07 Å². The van der Waals surface area contributed by atoms with Gasteiger partial charge in [0, 0.05) is 18.4 Å². The van der Waals surface area contributed by atoms with Crippen LogP contribution in [-0.4, -0.2) is 21.8 Å². The van der Waals surface area contributed by atoms with Gasteiger partial charge in [0.05, 0.1) is 6.54 Å². The van der Waals surface area contributed by atoms with Crippen molar-refractivity contribution in [3.05, 3.63) is 28.8 Å². The number of phenolic OH excluding ortho intramolecular Hbond substituents is 1. The van der Waals surface area contributed by atoms with Crippen LogP contribution in [0.1, 0.15) is 29.5 Å². The molecule has 0 spiro atoms. The van der Waals surface area contributed by atoms with Gasteiger partial charge in [0.1, 0.15) is 5.75 Å². The smallest absolute Gasteiger partial charge is 0.230 e. The Morgan fingerprint density at radius 1 is 1.18 bits per heavy atom. The van der Waals surface area contributed by atoms with Crippen LogP contribution in [0.5, 0.6) is 5.75 Å². The third-order valence-corrected chi connectivity index (χ3v) is 3.27. The number of rotatable bonds is 2. The van der Waals surface area contributed by atoms with E-state index >= 15 is 0 Å². The summed E-state index contributed by atoms with van der Waals surface area (Å²) in [7, 11) is 0. The predicted molar refractivity (Wildman–Crippen MR) is 62.4 cm³/mol. The van der Waals surface area contributed by atoms with Gasteiger partial charge in [-0.1, -0.05) is 12.1 Å². The van der Waals surface area contributed by atoms with Gasteiger partial charge < -0.3 is 5.11 Å². The number of hydrogen-bond acceptors (Lipinski definition) is 3. The Balaban J connectivity index is 2.28. The van der Waals surface area contributed by atoms with Crippen LogP contribution in [0.25, 0.3) is 0 Å². The average Bonchev–Trinajstić information content (AvgIpc) is 2.61. The average molecular weight is 233 g/mol. The first-order chi connectivity index (χ1) is 8.00. The van der Waals surface area contributed by atoms with E-state index in [2.05, 4.69) is 0 Å². The van der Waals surface area contributed by atoms with Gasteiger partial charge >= 0.3 is 0 Å². The summed E-state index contributed by atoms with van der Waals surface area (Å²) in [6, 6.07) is 3.64. The number of amides is 2. The summed E-state index contributed by atoms with van der Waals surface area (Å²) in [5.41, 5.74) is 2.41. The van der Waals surface area contributed by atoms with Gasteiger partial charge in [-0.3, -0.25) is 14.5 Å². The van der Waals surface area contributed by atoms with Crippen LogP contribution in [-0.2, 0) is 16.1 Å². The number of hydrogen-bond donors (Lipinski definition) is 1. The van der Waals surface area contributed by atoms with Gasteiger partial charge in [-0.05, 0) is 25.0 Å². The van der Waals surface area contributed by atoms with Crippen molar-refractivity contribution in [1.82, 2.24) is 4.90 Å². The second-order valence-electron chi connectivity index (χ2n) is 4.39. The largest absolute Gasteiger partial charge is 0.507 e. The van der Waals surface area contributed by atoms with Crippen molar-refractivity contribution < 1.29 is 14.7 Å². The van der Waals surface area contributed by atoms with E-state index in [0.717, 1.165) is 11.1 Å². The number of aryl methyl sites for hydroxylation is 1. The zero-order valence-electron chi connectivity index (χ0n) is 9.99.